The normalized spacial score (nSPS) is 26.5. The van der Waals surface area contributed by atoms with Gasteiger partial charge in [-0.1, -0.05) is 12.2 Å². The SMILES string of the molecule is COc1ccc(NC(=O)[C@H]2[C@@H](C(=O)O)[C@H]3C=C[C@H]2C3)cc1NS(C)(=O)=O. The van der Waals surface area contributed by atoms with Crippen LogP contribution in [0.1, 0.15) is 6.42 Å². The Balaban J connectivity index is 1.82. The Kier molecular flexibility index (Phi) is 4.66. The van der Waals surface area contributed by atoms with E-state index in [1.165, 1.54) is 19.2 Å². The third kappa shape index (κ3) is 3.52. The monoisotopic (exact) mass is 380 g/mol. The highest BCUT2D eigenvalue weighted by atomic mass is 32.2. The molecule has 1 aromatic rings. The summed E-state index contributed by atoms with van der Waals surface area (Å²) in [5.74, 6) is -2.65. The summed E-state index contributed by atoms with van der Waals surface area (Å²) < 4.78 is 30.4. The van der Waals surface area contributed by atoms with Crippen LogP contribution in [0, 0.1) is 23.7 Å². The first-order valence-corrected chi connectivity index (χ1v) is 9.96. The van der Waals surface area contributed by atoms with Gasteiger partial charge < -0.3 is 15.2 Å². The van der Waals surface area contributed by atoms with Crippen molar-refractivity contribution >= 4 is 33.3 Å². The molecule has 0 spiro atoms. The van der Waals surface area contributed by atoms with Gasteiger partial charge in [0.25, 0.3) is 0 Å². The lowest BCUT2D eigenvalue weighted by atomic mass is 9.82. The first-order valence-electron chi connectivity index (χ1n) is 8.07. The Bertz CT molecular complexity index is 879. The Morgan fingerprint density at radius 1 is 1.19 bits per heavy atom. The van der Waals surface area contributed by atoms with Crippen molar-refractivity contribution < 1.29 is 27.9 Å². The summed E-state index contributed by atoms with van der Waals surface area (Å²) in [6.07, 6.45) is 5.45. The number of allylic oxidation sites excluding steroid dienone is 2. The number of anilines is 2. The predicted molar refractivity (Wildman–Crippen MR) is 95.4 cm³/mol. The molecule has 3 rings (SSSR count). The van der Waals surface area contributed by atoms with Gasteiger partial charge in [0, 0.05) is 5.69 Å². The van der Waals surface area contributed by atoms with Crippen LogP contribution in [-0.4, -0.2) is 38.8 Å². The van der Waals surface area contributed by atoms with Gasteiger partial charge in [0.1, 0.15) is 5.75 Å². The lowest BCUT2D eigenvalue weighted by Crippen LogP contribution is -2.36. The van der Waals surface area contributed by atoms with Gasteiger partial charge >= 0.3 is 5.97 Å². The number of ether oxygens (including phenoxy) is 1. The zero-order valence-corrected chi connectivity index (χ0v) is 15.1. The fraction of sp³-hybridized carbons (Fsp3) is 0.412. The van der Waals surface area contributed by atoms with Crippen molar-refractivity contribution in [3.05, 3.63) is 30.4 Å². The van der Waals surface area contributed by atoms with Crippen LogP contribution in [-0.2, 0) is 19.6 Å². The zero-order valence-electron chi connectivity index (χ0n) is 14.3. The Morgan fingerprint density at radius 2 is 1.85 bits per heavy atom. The summed E-state index contributed by atoms with van der Waals surface area (Å²) in [6.45, 7) is 0. The highest BCUT2D eigenvalue weighted by Crippen LogP contribution is 2.48. The Hall–Kier alpha value is -2.55. The number of methoxy groups -OCH3 is 1. The molecule has 1 fully saturated rings. The van der Waals surface area contributed by atoms with E-state index in [9.17, 15) is 23.1 Å². The molecule has 2 aliphatic carbocycles. The lowest BCUT2D eigenvalue weighted by molar-refractivity contribution is -0.146. The van der Waals surface area contributed by atoms with Crippen LogP contribution in [0.5, 0.6) is 5.75 Å². The molecule has 140 valence electrons. The second kappa shape index (κ2) is 6.64. The standard InChI is InChI=1S/C17H20N2O6S/c1-25-13-6-5-11(8-12(13)19-26(2,23)24)18-16(20)14-9-3-4-10(7-9)15(14)17(21)22/h3-6,8-10,14-15,19H,7H2,1-2H3,(H,18,20)(H,21,22)/t9-,10-,14+,15-/m0/s1. The Morgan fingerprint density at radius 3 is 2.42 bits per heavy atom. The van der Waals surface area contributed by atoms with Crippen LogP contribution < -0.4 is 14.8 Å². The first-order chi connectivity index (χ1) is 12.2. The van der Waals surface area contributed by atoms with Gasteiger partial charge in [-0.3, -0.25) is 14.3 Å². The van der Waals surface area contributed by atoms with E-state index in [1.54, 1.807) is 6.07 Å². The van der Waals surface area contributed by atoms with Crippen molar-refractivity contribution in [2.24, 2.45) is 23.7 Å². The number of rotatable bonds is 6. The van der Waals surface area contributed by atoms with Crippen LogP contribution in [0.4, 0.5) is 11.4 Å². The molecule has 0 saturated heterocycles. The number of sulfonamides is 1. The summed E-state index contributed by atoms with van der Waals surface area (Å²) in [4.78, 5) is 24.2. The maximum atomic E-state index is 12.7. The van der Waals surface area contributed by atoms with Gasteiger partial charge in [0.15, 0.2) is 0 Å². The van der Waals surface area contributed by atoms with Crippen LogP contribution in [0.2, 0.25) is 0 Å². The smallest absolute Gasteiger partial charge is 0.307 e. The second-order valence-corrected chi connectivity index (χ2v) is 8.37. The third-order valence-corrected chi connectivity index (χ3v) is 5.40. The van der Waals surface area contributed by atoms with Crippen molar-refractivity contribution in [1.29, 1.82) is 0 Å². The summed E-state index contributed by atoms with van der Waals surface area (Å²) in [5.41, 5.74) is 0.549. The minimum Gasteiger partial charge on any atom is -0.495 e. The van der Waals surface area contributed by atoms with E-state index < -0.39 is 27.8 Å². The molecule has 1 saturated carbocycles. The number of carboxylic acid groups (broad SMARTS) is 1. The number of carbonyl (C=O) groups is 2. The van der Waals surface area contributed by atoms with Crippen molar-refractivity contribution in [2.45, 2.75) is 6.42 Å². The number of hydrogen-bond donors (Lipinski definition) is 3. The minimum absolute atomic E-state index is 0.0898. The molecule has 1 amide bonds. The first kappa shape index (κ1) is 18.2. The van der Waals surface area contributed by atoms with Crippen LogP contribution >= 0.6 is 0 Å². The third-order valence-electron chi connectivity index (χ3n) is 4.81. The van der Waals surface area contributed by atoms with E-state index in [0.29, 0.717) is 17.9 Å². The molecule has 9 heteroatoms. The Labute approximate surface area is 151 Å². The van der Waals surface area contributed by atoms with E-state index >= 15 is 0 Å². The predicted octanol–water partition coefficient (Wildman–Crippen LogP) is 1.53. The van der Waals surface area contributed by atoms with Crippen LogP contribution in [0.25, 0.3) is 0 Å². The molecule has 0 heterocycles. The molecule has 4 atom stereocenters. The zero-order chi connectivity index (χ0) is 19.1. The molecule has 2 bridgehead atoms. The molecule has 0 aromatic heterocycles. The van der Waals surface area contributed by atoms with Gasteiger partial charge in [-0.15, -0.1) is 0 Å². The van der Waals surface area contributed by atoms with E-state index in [2.05, 4.69) is 10.0 Å². The molecular weight excluding hydrogens is 360 g/mol. The molecule has 0 aliphatic heterocycles. The minimum atomic E-state index is -3.53. The molecule has 1 aromatic carbocycles. The molecule has 0 radical (unpaired) electrons. The quantitative estimate of drug-likeness (QED) is 0.644. The maximum Gasteiger partial charge on any atom is 0.307 e. The van der Waals surface area contributed by atoms with Crippen molar-refractivity contribution in [2.75, 3.05) is 23.4 Å². The van der Waals surface area contributed by atoms with Crippen molar-refractivity contribution in [3.8, 4) is 5.75 Å². The summed E-state index contributed by atoms with van der Waals surface area (Å²) >= 11 is 0. The number of hydrogen-bond acceptors (Lipinski definition) is 5. The molecule has 26 heavy (non-hydrogen) atoms. The average Bonchev–Trinajstić information content (AvgIpc) is 3.14. The highest BCUT2D eigenvalue weighted by Gasteiger charge is 2.51. The molecule has 0 unspecified atom stereocenters. The van der Waals surface area contributed by atoms with Crippen molar-refractivity contribution in [3.63, 3.8) is 0 Å². The van der Waals surface area contributed by atoms with Gasteiger partial charge in [0.05, 0.1) is 30.9 Å². The average molecular weight is 380 g/mol. The number of carboxylic acids is 1. The van der Waals surface area contributed by atoms with Gasteiger partial charge in [-0.05, 0) is 36.5 Å². The highest BCUT2D eigenvalue weighted by molar-refractivity contribution is 7.92. The van der Waals surface area contributed by atoms with E-state index in [4.69, 9.17) is 4.74 Å². The number of nitrogens with one attached hydrogen (secondary N) is 2. The molecule has 2 aliphatic rings. The number of fused-ring (bicyclic) bond motifs is 2. The van der Waals surface area contributed by atoms with Gasteiger partial charge in [-0.25, -0.2) is 8.42 Å². The van der Waals surface area contributed by atoms with E-state index in [-0.39, 0.29) is 23.4 Å². The molecular formula is C17H20N2O6S. The summed E-state index contributed by atoms with van der Waals surface area (Å²) in [6, 6.07) is 4.54. The summed E-state index contributed by atoms with van der Waals surface area (Å²) in [7, 11) is -2.12. The van der Waals surface area contributed by atoms with Crippen LogP contribution in [0.3, 0.4) is 0 Å². The van der Waals surface area contributed by atoms with Crippen LogP contribution in [0.15, 0.2) is 30.4 Å². The number of benzene rings is 1. The fourth-order valence-electron chi connectivity index (χ4n) is 3.81. The number of carbonyl (C=O) groups excluding carboxylic acids is 1. The second-order valence-electron chi connectivity index (χ2n) is 6.62. The van der Waals surface area contributed by atoms with Gasteiger partial charge in [-0.2, -0.15) is 0 Å². The lowest BCUT2D eigenvalue weighted by Gasteiger charge is -2.24. The van der Waals surface area contributed by atoms with Crippen molar-refractivity contribution in [1.82, 2.24) is 0 Å². The summed E-state index contributed by atoms with van der Waals surface area (Å²) in [5, 5.41) is 12.2. The largest absolute Gasteiger partial charge is 0.495 e. The molecule has 8 nitrogen and oxygen atoms in total. The fourth-order valence-corrected chi connectivity index (χ4v) is 4.37. The molecule has 3 N–H and O–H groups in total. The van der Waals surface area contributed by atoms with E-state index in [0.717, 1.165) is 6.26 Å². The number of amides is 1. The van der Waals surface area contributed by atoms with E-state index in [1.807, 2.05) is 12.2 Å². The topological polar surface area (TPSA) is 122 Å². The maximum absolute atomic E-state index is 12.7. The number of aliphatic carboxylic acids is 1. The van der Waals surface area contributed by atoms with Gasteiger partial charge in [0.2, 0.25) is 15.9 Å².